The van der Waals surface area contributed by atoms with E-state index in [1.807, 2.05) is 30.3 Å². The molecule has 1 amide bonds. The Labute approximate surface area is 194 Å². The van der Waals surface area contributed by atoms with Gasteiger partial charge in [0.1, 0.15) is 6.10 Å². The van der Waals surface area contributed by atoms with Crippen molar-refractivity contribution in [3.63, 3.8) is 0 Å². The highest BCUT2D eigenvalue weighted by Crippen LogP contribution is 2.37. The maximum absolute atomic E-state index is 13.5. The molecule has 0 spiro atoms. The molecule has 1 aliphatic heterocycles. The molecule has 2 atom stereocenters. The number of nitrogens with zero attached hydrogens (tertiary/aromatic N) is 1. The Morgan fingerprint density at radius 3 is 2.44 bits per heavy atom. The van der Waals surface area contributed by atoms with E-state index in [0.717, 1.165) is 17.7 Å². The van der Waals surface area contributed by atoms with Gasteiger partial charge in [0, 0.05) is 0 Å². The first-order chi connectivity index (χ1) is 16.1. The van der Waals surface area contributed by atoms with Crippen molar-refractivity contribution >= 4 is 12.1 Å². The Balaban J connectivity index is 1.71. The third kappa shape index (κ3) is 4.90. The van der Waals surface area contributed by atoms with Crippen molar-refractivity contribution in [3.05, 3.63) is 95.1 Å². The molecule has 5 nitrogen and oxygen atoms in total. The summed E-state index contributed by atoms with van der Waals surface area (Å²) in [6.45, 7) is 1.70. The van der Waals surface area contributed by atoms with Crippen molar-refractivity contribution in [1.29, 1.82) is 0 Å². The highest BCUT2D eigenvalue weighted by atomic mass is 19.4. The van der Waals surface area contributed by atoms with Gasteiger partial charge in [-0.2, -0.15) is 13.2 Å². The summed E-state index contributed by atoms with van der Waals surface area (Å²) in [5.74, 6) is -1.01. The van der Waals surface area contributed by atoms with Crippen LogP contribution in [0.1, 0.15) is 35.3 Å². The SMILES string of the molecule is CC1C(c2ccccc2)OC(=O)N1Cc1cc(C(F)(F)F)ccc1-c1cccc(CC(=O)O)c1. The third-order valence-corrected chi connectivity index (χ3v) is 5.89. The predicted molar refractivity (Wildman–Crippen MR) is 119 cm³/mol. The summed E-state index contributed by atoms with van der Waals surface area (Å²) in [6.07, 6.45) is -5.91. The highest BCUT2D eigenvalue weighted by Gasteiger charge is 2.40. The van der Waals surface area contributed by atoms with Crippen LogP contribution in [0.15, 0.2) is 72.8 Å². The lowest BCUT2D eigenvalue weighted by Crippen LogP contribution is -2.31. The minimum absolute atomic E-state index is 0.0915. The fourth-order valence-corrected chi connectivity index (χ4v) is 4.19. The van der Waals surface area contributed by atoms with Gasteiger partial charge in [0.25, 0.3) is 0 Å². The zero-order chi connectivity index (χ0) is 24.5. The zero-order valence-corrected chi connectivity index (χ0v) is 18.3. The number of cyclic esters (lactones) is 1. The van der Waals surface area contributed by atoms with Crippen molar-refractivity contribution in [2.45, 2.75) is 38.2 Å². The number of amides is 1. The van der Waals surface area contributed by atoms with Gasteiger partial charge in [-0.1, -0.05) is 60.7 Å². The lowest BCUT2D eigenvalue weighted by Gasteiger charge is -2.23. The molecule has 3 aromatic carbocycles. The Morgan fingerprint density at radius 1 is 1.03 bits per heavy atom. The Kier molecular flexibility index (Phi) is 6.32. The molecule has 1 fully saturated rings. The van der Waals surface area contributed by atoms with Gasteiger partial charge in [-0.15, -0.1) is 0 Å². The smallest absolute Gasteiger partial charge is 0.416 e. The Hall–Kier alpha value is -3.81. The minimum Gasteiger partial charge on any atom is -0.481 e. The molecule has 0 radical (unpaired) electrons. The summed E-state index contributed by atoms with van der Waals surface area (Å²) in [7, 11) is 0. The number of benzene rings is 3. The lowest BCUT2D eigenvalue weighted by molar-refractivity contribution is -0.138. The molecule has 4 rings (SSSR count). The van der Waals surface area contributed by atoms with Crippen LogP contribution in [-0.2, 0) is 28.7 Å². The lowest BCUT2D eigenvalue weighted by atomic mass is 9.94. The summed E-state index contributed by atoms with van der Waals surface area (Å²) in [5.41, 5.74) is 1.85. The van der Waals surface area contributed by atoms with Gasteiger partial charge in [0.05, 0.1) is 24.6 Å². The molecular formula is C26H22F3NO4. The first-order valence-corrected chi connectivity index (χ1v) is 10.7. The second-order valence-corrected chi connectivity index (χ2v) is 8.22. The van der Waals surface area contributed by atoms with Crippen LogP contribution < -0.4 is 0 Å². The molecule has 1 heterocycles. The molecule has 34 heavy (non-hydrogen) atoms. The van der Waals surface area contributed by atoms with Crippen molar-refractivity contribution in [3.8, 4) is 11.1 Å². The van der Waals surface area contributed by atoms with E-state index in [2.05, 4.69) is 0 Å². The quantitative estimate of drug-likeness (QED) is 0.475. The number of halogens is 3. The van der Waals surface area contributed by atoms with Gasteiger partial charge >= 0.3 is 18.2 Å². The van der Waals surface area contributed by atoms with Crippen molar-refractivity contribution in [1.82, 2.24) is 4.90 Å². The number of alkyl halides is 3. The van der Waals surface area contributed by atoms with Crippen LogP contribution in [-0.4, -0.2) is 28.1 Å². The van der Waals surface area contributed by atoms with Crippen molar-refractivity contribution in [2.75, 3.05) is 0 Å². The van der Waals surface area contributed by atoms with E-state index >= 15 is 0 Å². The fourth-order valence-electron chi connectivity index (χ4n) is 4.19. The number of carboxylic acid groups (broad SMARTS) is 1. The average molecular weight is 469 g/mol. The second kappa shape index (κ2) is 9.21. The summed E-state index contributed by atoms with van der Waals surface area (Å²) in [4.78, 5) is 25.2. The van der Waals surface area contributed by atoms with Gasteiger partial charge in [-0.25, -0.2) is 4.79 Å². The van der Waals surface area contributed by atoms with Gasteiger partial charge in [0.2, 0.25) is 0 Å². The number of hydrogen-bond acceptors (Lipinski definition) is 3. The van der Waals surface area contributed by atoms with E-state index in [1.54, 1.807) is 31.2 Å². The van der Waals surface area contributed by atoms with Crippen molar-refractivity contribution < 1.29 is 32.6 Å². The third-order valence-electron chi connectivity index (χ3n) is 5.89. The van der Waals surface area contributed by atoms with Crippen LogP contribution in [0.5, 0.6) is 0 Å². The van der Waals surface area contributed by atoms with Crippen molar-refractivity contribution in [2.24, 2.45) is 0 Å². The molecule has 3 aromatic rings. The van der Waals surface area contributed by atoms with Crippen LogP contribution in [0.3, 0.4) is 0 Å². The van der Waals surface area contributed by atoms with Gasteiger partial charge in [0.15, 0.2) is 0 Å². The van der Waals surface area contributed by atoms with Gasteiger partial charge < -0.3 is 9.84 Å². The first-order valence-electron chi connectivity index (χ1n) is 10.7. The molecule has 176 valence electrons. The maximum Gasteiger partial charge on any atom is 0.416 e. The van der Waals surface area contributed by atoms with Gasteiger partial charge in [-0.3, -0.25) is 9.69 Å². The number of ether oxygens (including phenoxy) is 1. The molecule has 1 N–H and O–H groups in total. The largest absolute Gasteiger partial charge is 0.481 e. The topological polar surface area (TPSA) is 66.8 Å². The molecule has 0 bridgehead atoms. The number of hydrogen-bond donors (Lipinski definition) is 1. The fraction of sp³-hybridized carbons (Fsp3) is 0.231. The van der Waals surface area contributed by atoms with Crippen LogP contribution >= 0.6 is 0 Å². The maximum atomic E-state index is 13.5. The van der Waals surface area contributed by atoms with E-state index in [4.69, 9.17) is 9.84 Å². The molecule has 8 heteroatoms. The second-order valence-electron chi connectivity index (χ2n) is 8.22. The number of aliphatic carboxylic acids is 1. The van der Waals surface area contributed by atoms with Crippen LogP contribution in [0.25, 0.3) is 11.1 Å². The molecule has 0 aliphatic carbocycles. The van der Waals surface area contributed by atoms with Gasteiger partial charge in [-0.05, 0) is 46.9 Å². The van der Waals surface area contributed by atoms with E-state index < -0.39 is 35.9 Å². The summed E-state index contributed by atoms with van der Waals surface area (Å²) in [5, 5.41) is 9.09. The molecular weight excluding hydrogens is 447 g/mol. The van der Waals surface area contributed by atoms with Crippen LogP contribution in [0.2, 0.25) is 0 Å². The van der Waals surface area contributed by atoms with Crippen LogP contribution in [0, 0.1) is 0 Å². The van der Waals surface area contributed by atoms with E-state index in [-0.39, 0.29) is 13.0 Å². The number of carbonyl (C=O) groups is 2. The molecule has 2 unspecified atom stereocenters. The zero-order valence-electron chi connectivity index (χ0n) is 18.3. The van der Waals surface area contributed by atoms with E-state index in [0.29, 0.717) is 22.3 Å². The van der Waals surface area contributed by atoms with E-state index in [1.165, 1.54) is 11.0 Å². The molecule has 0 aromatic heterocycles. The summed E-state index contributed by atoms with van der Waals surface area (Å²) >= 11 is 0. The highest BCUT2D eigenvalue weighted by molar-refractivity contribution is 5.75. The van der Waals surface area contributed by atoms with Crippen LogP contribution in [0.4, 0.5) is 18.0 Å². The number of carboxylic acids is 1. The first kappa shape index (κ1) is 23.4. The molecule has 1 aliphatic rings. The normalized spacial score (nSPS) is 18.1. The molecule has 0 saturated carbocycles. The Morgan fingerprint density at radius 2 is 1.76 bits per heavy atom. The number of rotatable bonds is 6. The summed E-state index contributed by atoms with van der Waals surface area (Å²) < 4.78 is 46.0. The monoisotopic (exact) mass is 469 g/mol. The average Bonchev–Trinajstić information content (AvgIpc) is 3.07. The van der Waals surface area contributed by atoms with E-state index in [9.17, 15) is 22.8 Å². The standard InChI is InChI=1S/C26H22F3NO4/c1-16-24(18-7-3-2-4-8-18)34-25(33)30(16)15-20-14-21(26(27,28)29)10-11-22(20)19-9-5-6-17(12-19)13-23(31)32/h2-12,14,16,24H,13,15H2,1H3,(H,31,32). The minimum atomic E-state index is -4.55. The predicted octanol–water partition coefficient (Wildman–Crippen LogP) is 6.08. The Bertz CT molecular complexity index is 1210. The molecule has 1 saturated heterocycles. The summed E-state index contributed by atoms with van der Waals surface area (Å²) in [6, 6.07) is 18.8. The number of carbonyl (C=O) groups excluding carboxylic acids is 1.